The minimum absolute atomic E-state index is 0.0384. The van der Waals surface area contributed by atoms with Gasteiger partial charge in [0, 0.05) is 12.6 Å². The third kappa shape index (κ3) is 5.02. The first-order valence-electron chi connectivity index (χ1n) is 7.07. The maximum absolute atomic E-state index is 12.3. The van der Waals surface area contributed by atoms with E-state index in [1.807, 2.05) is 6.92 Å². The Labute approximate surface area is 154 Å². The van der Waals surface area contributed by atoms with Crippen LogP contribution in [0.3, 0.4) is 0 Å². The topological polar surface area (TPSA) is 95.6 Å². The van der Waals surface area contributed by atoms with E-state index in [-0.39, 0.29) is 4.21 Å². The average molecular weight is 402 g/mol. The van der Waals surface area contributed by atoms with Gasteiger partial charge in [-0.1, -0.05) is 29.3 Å². The summed E-state index contributed by atoms with van der Waals surface area (Å²) in [7, 11) is -2.55. The highest BCUT2D eigenvalue weighted by Gasteiger charge is 2.24. The highest BCUT2D eigenvalue weighted by atomic mass is 35.5. The molecule has 2 rings (SSSR count). The first kappa shape index (κ1) is 19.4. The van der Waals surface area contributed by atoms with Crippen LogP contribution < -0.4 is 10.9 Å². The fraction of sp³-hybridized carbons (Fsp3) is 0.200. The summed E-state index contributed by atoms with van der Waals surface area (Å²) >= 11 is 6.64. The van der Waals surface area contributed by atoms with Gasteiger partial charge in [0.1, 0.15) is 4.21 Å². The first-order valence-corrected chi connectivity index (χ1v) is 9.71. The molecule has 0 aliphatic rings. The van der Waals surface area contributed by atoms with Gasteiger partial charge in [0.15, 0.2) is 0 Å². The highest BCUT2D eigenvalue weighted by molar-refractivity contribution is 7.91. The van der Waals surface area contributed by atoms with Crippen molar-refractivity contribution >= 4 is 44.8 Å². The van der Waals surface area contributed by atoms with Gasteiger partial charge in [0.05, 0.1) is 10.9 Å². The van der Waals surface area contributed by atoms with E-state index in [1.54, 1.807) is 24.3 Å². The zero-order valence-corrected chi connectivity index (χ0v) is 15.8. The lowest BCUT2D eigenvalue weighted by molar-refractivity contribution is -0.121. The van der Waals surface area contributed by atoms with Gasteiger partial charge in [-0.15, -0.1) is 11.3 Å². The molecule has 7 nitrogen and oxygen atoms in total. The van der Waals surface area contributed by atoms with E-state index in [0.717, 1.165) is 21.2 Å². The molecule has 1 aromatic heterocycles. The number of nitrogens with zero attached hydrogens (tertiary/aromatic N) is 1. The summed E-state index contributed by atoms with van der Waals surface area (Å²) in [6, 6.07) is 9.61. The molecule has 134 valence electrons. The van der Waals surface area contributed by atoms with Crippen LogP contribution in [0.25, 0.3) is 0 Å². The van der Waals surface area contributed by atoms with Crippen molar-refractivity contribution in [3.8, 4) is 0 Å². The standard InChI is InChI=1S/C15H16ClN3O4S2/c1-10-3-5-11(6-4-10)15(21)18-17-13(20)9-19(2)25(22,23)14-8-7-12(16)24-14/h3-8H,9H2,1-2H3,(H,17,20)(H,18,21). The number of hydrogen-bond donors (Lipinski definition) is 2. The molecule has 25 heavy (non-hydrogen) atoms. The molecule has 2 aromatic rings. The Bertz CT molecular complexity index is 878. The highest BCUT2D eigenvalue weighted by Crippen LogP contribution is 2.27. The number of carbonyl (C=O) groups is 2. The summed E-state index contributed by atoms with van der Waals surface area (Å²) in [5.41, 5.74) is 5.80. The van der Waals surface area contributed by atoms with Crippen LogP contribution in [0.2, 0.25) is 4.34 Å². The minimum Gasteiger partial charge on any atom is -0.272 e. The van der Waals surface area contributed by atoms with E-state index in [2.05, 4.69) is 10.9 Å². The Balaban J connectivity index is 1.91. The monoisotopic (exact) mass is 401 g/mol. The van der Waals surface area contributed by atoms with Gasteiger partial charge in [-0.3, -0.25) is 20.4 Å². The third-order valence-corrected chi connectivity index (χ3v) is 6.71. The molecule has 0 saturated carbocycles. The molecule has 0 bridgehead atoms. The number of nitrogens with one attached hydrogen (secondary N) is 2. The fourth-order valence-electron chi connectivity index (χ4n) is 1.82. The molecule has 0 atom stereocenters. The number of halogens is 1. The number of benzene rings is 1. The van der Waals surface area contributed by atoms with E-state index in [1.165, 1.54) is 19.2 Å². The van der Waals surface area contributed by atoms with Gasteiger partial charge < -0.3 is 0 Å². The number of rotatable bonds is 5. The van der Waals surface area contributed by atoms with Crippen LogP contribution in [-0.2, 0) is 14.8 Å². The number of sulfonamides is 1. The van der Waals surface area contributed by atoms with E-state index < -0.39 is 28.4 Å². The zero-order valence-electron chi connectivity index (χ0n) is 13.4. The zero-order chi connectivity index (χ0) is 18.6. The maximum Gasteiger partial charge on any atom is 0.269 e. The van der Waals surface area contributed by atoms with Crippen molar-refractivity contribution in [2.75, 3.05) is 13.6 Å². The van der Waals surface area contributed by atoms with Crippen LogP contribution in [0, 0.1) is 6.92 Å². The van der Waals surface area contributed by atoms with Crippen LogP contribution in [-0.4, -0.2) is 38.1 Å². The number of thiophene rings is 1. The Kier molecular flexibility index (Phi) is 6.17. The number of amides is 2. The summed E-state index contributed by atoms with van der Waals surface area (Å²) in [6.45, 7) is 1.44. The fourth-order valence-corrected chi connectivity index (χ4v) is 4.64. The number of aryl methyl sites for hydroxylation is 1. The smallest absolute Gasteiger partial charge is 0.269 e. The van der Waals surface area contributed by atoms with Gasteiger partial charge in [-0.25, -0.2) is 8.42 Å². The second-order valence-corrected chi connectivity index (χ2v) is 9.17. The Morgan fingerprint density at radius 3 is 2.32 bits per heavy atom. The molecule has 0 unspecified atom stereocenters. The predicted molar refractivity (Wildman–Crippen MR) is 95.9 cm³/mol. The molecule has 0 aliphatic heterocycles. The first-order chi connectivity index (χ1) is 11.7. The van der Waals surface area contributed by atoms with Crippen molar-refractivity contribution in [1.82, 2.24) is 15.2 Å². The SMILES string of the molecule is Cc1ccc(C(=O)NNC(=O)CN(C)S(=O)(=O)c2ccc(Cl)s2)cc1. The second kappa shape index (κ2) is 7.96. The number of likely N-dealkylation sites (N-methyl/N-ethyl adjacent to an activating group) is 1. The van der Waals surface area contributed by atoms with Crippen molar-refractivity contribution in [3.63, 3.8) is 0 Å². The van der Waals surface area contributed by atoms with Gasteiger partial charge in [0.25, 0.3) is 21.8 Å². The Morgan fingerprint density at radius 1 is 1.12 bits per heavy atom. The van der Waals surface area contributed by atoms with E-state index in [0.29, 0.717) is 9.90 Å². The van der Waals surface area contributed by atoms with Crippen LogP contribution in [0.1, 0.15) is 15.9 Å². The molecule has 2 amide bonds. The van der Waals surface area contributed by atoms with Gasteiger partial charge in [-0.05, 0) is 31.2 Å². The Hall–Kier alpha value is -1.94. The van der Waals surface area contributed by atoms with Crippen molar-refractivity contribution in [1.29, 1.82) is 0 Å². The summed E-state index contributed by atoms with van der Waals surface area (Å²) in [6.07, 6.45) is 0. The molecule has 2 N–H and O–H groups in total. The number of hydrogen-bond acceptors (Lipinski definition) is 5. The summed E-state index contributed by atoms with van der Waals surface area (Å²) < 4.78 is 25.8. The second-order valence-electron chi connectivity index (χ2n) is 5.19. The molecule has 0 saturated heterocycles. The summed E-state index contributed by atoms with van der Waals surface area (Å²) in [4.78, 5) is 23.8. The molecule has 0 aliphatic carbocycles. The lowest BCUT2D eigenvalue weighted by Crippen LogP contribution is -2.46. The van der Waals surface area contributed by atoms with E-state index in [4.69, 9.17) is 11.6 Å². The van der Waals surface area contributed by atoms with Crippen LogP contribution in [0.4, 0.5) is 0 Å². The van der Waals surface area contributed by atoms with Gasteiger partial charge in [0.2, 0.25) is 0 Å². The molecule has 0 fully saturated rings. The van der Waals surface area contributed by atoms with Crippen molar-refractivity contribution < 1.29 is 18.0 Å². The maximum atomic E-state index is 12.3. The molecule has 0 radical (unpaired) electrons. The summed E-state index contributed by atoms with van der Waals surface area (Å²) in [5, 5.41) is 0. The average Bonchev–Trinajstić information content (AvgIpc) is 3.00. The quantitative estimate of drug-likeness (QED) is 0.746. The summed E-state index contributed by atoms with van der Waals surface area (Å²) in [5.74, 6) is -1.17. The number of hydrazine groups is 1. The molecule has 1 aromatic carbocycles. The molecular formula is C15H16ClN3O4S2. The van der Waals surface area contributed by atoms with Crippen LogP contribution in [0.15, 0.2) is 40.6 Å². The van der Waals surface area contributed by atoms with Crippen molar-refractivity contribution in [3.05, 3.63) is 51.9 Å². The van der Waals surface area contributed by atoms with Crippen LogP contribution >= 0.6 is 22.9 Å². The van der Waals surface area contributed by atoms with Crippen molar-refractivity contribution in [2.24, 2.45) is 0 Å². The minimum atomic E-state index is -3.81. The molecule has 0 spiro atoms. The van der Waals surface area contributed by atoms with Gasteiger partial charge >= 0.3 is 0 Å². The lowest BCUT2D eigenvalue weighted by Gasteiger charge is -2.16. The van der Waals surface area contributed by atoms with Gasteiger partial charge in [-0.2, -0.15) is 4.31 Å². The number of carbonyl (C=O) groups excluding carboxylic acids is 2. The predicted octanol–water partition coefficient (Wildman–Crippen LogP) is 1.79. The largest absolute Gasteiger partial charge is 0.272 e. The molecule has 1 heterocycles. The van der Waals surface area contributed by atoms with Crippen molar-refractivity contribution in [2.45, 2.75) is 11.1 Å². The van der Waals surface area contributed by atoms with E-state index in [9.17, 15) is 18.0 Å². The lowest BCUT2D eigenvalue weighted by atomic mass is 10.1. The molecule has 10 heteroatoms. The third-order valence-electron chi connectivity index (χ3n) is 3.21. The Morgan fingerprint density at radius 2 is 1.76 bits per heavy atom. The normalized spacial score (nSPS) is 11.4. The van der Waals surface area contributed by atoms with E-state index >= 15 is 0 Å². The van der Waals surface area contributed by atoms with Crippen LogP contribution in [0.5, 0.6) is 0 Å². The molecular weight excluding hydrogens is 386 g/mol.